The molecule has 2 N–H and O–H groups in total. The van der Waals surface area contributed by atoms with E-state index in [2.05, 4.69) is 10.1 Å². The van der Waals surface area contributed by atoms with E-state index in [1.807, 2.05) is 0 Å². The van der Waals surface area contributed by atoms with Crippen molar-refractivity contribution in [2.24, 2.45) is 0 Å². The van der Waals surface area contributed by atoms with E-state index in [9.17, 15) is 14.0 Å². The third-order valence-corrected chi connectivity index (χ3v) is 2.04. The monoisotopic (exact) mass is 241 g/mol. The fraction of sp³-hybridized carbons (Fsp3) is 0.273. The molecule has 0 saturated carbocycles. The molecule has 1 atom stereocenters. The maximum Gasteiger partial charge on any atom is 0.328 e. The maximum absolute atomic E-state index is 12.6. The van der Waals surface area contributed by atoms with Crippen molar-refractivity contribution in [1.29, 1.82) is 0 Å². The van der Waals surface area contributed by atoms with Crippen LogP contribution in [-0.2, 0) is 9.53 Å². The van der Waals surface area contributed by atoms with Crippen LogP contribution in [0.15, 0.2) is 24.3 Å². The second-order valence-electron chi connectivity index (χ2n) is 3.33. The summed E-state index contributed by atoms with van der Waals surface area (Å²) < 4.78 is 17.3. The quantitative estimate of drug-likeness (QED) is 0.793. The maximum atomic E-state index is 12.6. The van der Waals surface area contributed by atoms with Gasteiger partial charge in [0.25, 0.3) is 5.91 Å². The fourth-order valence-corrected chi connectivity index (χ4v) is 1.18. The second kappa shape index (κ2) is 5.95. The van der Waals surface area contributed by atoms with Gasteiger partial charge in [-0.1, -0.05) is 0 Å². The third kappa shape index (κ3) is 3.84. The molecule has 5 nitrogen and oxygen atoms in total. The van der Waals surface area contributed by atoms with Gasteiger partial charge in [-0.2, -0.15) is 0 Å². The summed E-state index contributed by atoms with van der Waals surface area (Å²) in [5.41, 5.74) is 0.189. The number of carboxylic acid groups (broad SMARTS) is 1. The average molecular weight is 241 g/mol. The Labute approximate surface area is 97.2 Å². The van der Waals surface area contributed by atoms with Gasteiger partial charge in [0.2, 0.25) is 0 Å². The smallest absolute Gasteiger partial charge is 0.328 e. The number of hydrogen-bond donors (Lipinski definition) is 2. The van der Waals surface area contributed by atoms with Crippen LogP contribution in [0.5, 0.6) is 0 Å². The summed E-state index contributed by atoms with van der Waals surface area (Å²) in [5.74, 6) is -2.25. The predicted molar refractivity (Wildman–Crippen MR) is 57.2 cm³/mol. The Morgan fingerprint density at radius 2 is 2.00 bits per heavy atom. The van der Waals surface area contributed by atoms with Crippen molar-refractivity contribution in [2.75, 3.05) is 13.7 Å². The zero-order valence-electron chi connectivity index (χ0n) is 9.14. The number of carbonyl (C=O) groups excluding carboxylic acids is 1. The number of hydrogen-bond acceptors (Lipinski definition) is 3. The molecule has 0 aliphatic heterocycles. The van der Waals surface area contributed by atoms with Crippen molar-refractivity contribution in [2.45, 2.75) is 6.04 Å². The van der Waals surface area contributed by atoms with Crippen molar-refractivity contribution >= 4 is 11.9 Å². The van der Waals surface area contributed by atoms with Gasteiger partial charge in [0, 0.05) is 12.7 Å². The van der Waals surface area contributed by atoms with E-state index in [1.165, 1.54) is 19.2 Å². The summed E-state index contributed by atoms with van der Waals surface area (Å²) >= 11 is 0. The lowest BCUT2D eigenvalue weighted by Gasteiger charge is -2.13. The van der Waals surface area contributed by atoms with E-state index in [-0.39, 0.29) is 12.2 Å². The van der Waals surface area contributed by atoms with E-state index < -0.39 is 23.7 Å². The van der Waals surface area contributed by atoms with Crippen molar-refractivity contribution < 1.29 is 23.8 Å². The molecule has 0 aromatic heterocycles. The summed E-state index contributed by atoms with van der Waals surface area (Å²) in [6.45, 7) is -0.137. The summed E-state index contributed by atoms with van der Waals surface area (Å²) in [4.78, 5) is 22.3. The van der Waals surface area contributed by atoms with Crippen molar-refractivity contribution in [3.05, 3.63) is 35.6 Å². The van der Waals surface area contributed by atoms with Crippen LogP contribution in [0, 0.1) is 5.82 Å². The number of nitrogens with one attached hydrogen (secondary N) is 1. The molecule has 0 aliphatic carbocycles. The Morgan fingerprint density at radius 3 is 2.47 bits per heavy atom. The summed E-state index contributed by atoms with van der Waals surface area (Å²) in [5, 5.41) is 11.1. The van der Waals surface area contributed by atoms with Gasteiger partial charge in [-0.15, -0.1) is 0 Å². The van der Waals surface area contributed by atoms with Crippen molar-refractivity contribution in [3.63, 3.8) is 0 Å². The predicted octanol–water partition coefficient (Wildman–Crippen LogP) is 0.655. The van der Waals surface area contributed by atoms with Crippen LogP contribution in [0.25, 0.3) is 0 Å². The van der Waals surface area contributed by atoms with Gasteiger partial charge in [-0.25, -0.2) is 9.18 Å². The van der Waals surface area contributed by atoms with Gasteiger partial charge < -0.3 is 15.2 Å². The molecule has 17 heavy (non-hydrogen) atoms. The normalized spacial score (nSPS) is 11.9. The first-order valence-electron chi connectivity index (χ1n) is 4.82. The Balaban J connectivity index is 2.70. The molecule has 1 aromatic rings. The highest BCUT2D eigenvalue weighted by molar-refractivity contribution is 5.96. The number of rotatable bonds is 5. The molecule has 0 bridgehead atoms. The fourth-order valence-electron chi connectivity index (χ4n) is 1.18. The summed E-state index contributed by atoms with van der Waals surface area (Å²) in [6, 6.07) is 3.67. The van der Waals surface area contributed by atoms with Crippen LogP contribution in [0.4, 0.5) is 4.39 Å². The molecule has 92 valence electrons. The minimum Gasteiger partial charge on any atom is -0.480 e. The highest BCUT2D eigenvalue weighted by Gasteiger charge is 2.20. The number of methoxy groups -OCH3 is 1. The first-order valence-corrected chi connectivity index (χ1v) is 4.82. The highest BCUT2D eigenvalue weighted by atomic mass is 19.1. The van der Waals surface area contributed by atoms with Crippen LogP contribution in [0.2, 0.25) is 0 Å². The first kappa shape index (κ1) is 13.1. The van der Waals surface area contributed by atoms with E-state index in [1.54, 1.807) is 0 Å². The number of ether oxygens (including phenoxy) is 1. The topological polar surface area (TPSA) is 75.6 Å². The molecule has 0 saturated heterocycles. The minimum absolute atomic E-state index is 0.137. The van der Waals surface area contributed by atoms with Gasteiger partial charge in [0.15, 0.2) is 6.04 Å². The Kier molecular flexibility index (Phi) is 4.59. The molecule has 1 amide bonds. The Morgan fingerprint density at radius 1 is 1.41 bits per heavy atom. The van der Waals surface area contributed by atoms with Crippen LogP contribution < -0.4 is 5.32 Å². The molecular weight excluding hydrogens is 229 g/mol. The molecule has 0 heterocycles. The SMILES string of the molecule is COCC(NC(=O)c1ccc(F)cc1)C(=O)O. The number of aliphatic carboxylic acids is 1. The average Bonchev–Trinajstić information content (AvgIpc) is 2.29. The largest absolute Gasteiger partial charge is 0.480 e. The molecule has 6 heteroatoms. The highest BCUT2D eigenvalue weighted by Crippen LogP contribution is 2.03. The van der Waals surface area contributed by atoms with Gasteiger partial charge in [-0.3, -0.25) is 4.79 Å². The van der Waals surface area contributed by atoms with Gasteiger partial charge in [-0.05, 0) is 24.3 Å². The molecular formula is C11H12FNO4. The zero-order chi connectivity index (χ0) is 12.8. The van der Waals surface area contributed by atoms with Crippen LogP contribution in [-0.4, -0.2) is 36.7 Å². The van der Waals surface area contributed by atoms with E-state index >= 15 is 0 Å². The van der Waals surface area contributed by atoms with E-state index in [4.69, 9.17) is 5.11 Å². The number of amides is 1. The van der Waals surface area contributed by atoms with E-state index in [0.29, 0.717) is 0 Å². The number of carbonyl (C=O) groups is 2. The molecule has 0 fully saturated rings. The van der Waals surface area contributed by atoms with E-state index in [0.717, 1.165) is 12.1 Å². The molecule has 0 radical (unpaired) electrons. The second-order valence-corrected chi connectivity index (χ2v) is 3.33. The number of benzene rings is 1. The number of halogens is 1. The Bertz CT molecular complexity index is 404. The molecule has 1 aromatic carbocycles. The molecule has 1 unspecified atom stereocenters. The van der Waals surface area contributed by atoms with Crippen molar-refractivity contribution in [3.8, 4) is 0 Å². The Hall–Kier alpha value is -1.95. The first-order chi connectivity index (χ1) is 8.04. The lowest BCUT2D eigenvalue weighted by molar-refractivity contribution is -0.140. The van der Waals surface area contributed by atoms with Crippen LogP contribution >= 0.6 is 0 Å². The lowest BCUT2D eigenvalue weighted by Crippen LogP contribution is -2.43. The van der Waals surface area contributed by atoms with Gasteiger partial charge in [0.05, 0.1) is 6.61 Å². The molecule has 0 aliphatic rings. The standard InChI is InChI=1S/C11H12FNO4/c1-17-6-9(11(15)16)13-10(14)7-2-4-8(12)5-3-7/h2-5,9H,6H2,1H3,(H,13,14)(H,15,16). The van der Waals surface area contributed by atoms with Crippen molar-refractivity contribution in [1.82, 2.24) is 5.32 Å². The third-order valence-electron chi connectivity index (χ3n) is 2.04. The minimum atomic E-state index is -1.19. The van der Waals surface area contributed by atoms with Gasteiger partial charge in [0.1, 0.15) is 5.82 Å². The zero-order valence-corrected chi connectivity index (χ0v) is 9.14. The molecule has 1 rings (SSSR count). The van der Waals surface area contributed by atoms with Crippen LogP contribution in [0.1, 0.15) is 10.4 Å². The lowest BCUT2D eigenvalue weighted by atomic mass is 10.2. The van der Waals surface area contributed by atoms with Gasteiger partial charge >= 0.3 is 5.97 Å². The van der Waals surface area contributed by atoms with Crippen LogP contribution in [0.3, 0.4) is 0 Å². The summed E-state index contributed by atoms with van der Waals surface area (Å²) in [7, 11) is 1.33. The molecule has 0 spiro atoms. The summed E-state index contributed by atoms with van der Waals surface area (Å²) in [6.07, 6.45) is 0. The number of carboxylic acids is 1.